The van der Waals surface area contributed by atoms with Crippen molar-refractivity contribution in [2.45, 2.75) is 39.2 Å². The normalized spacial score (nSPS) is 11.9. The average molecular weight is 218 g/mol. The second kappa shape index (κ2) is 4.12. The lowest BCUT2D eigenvalue weighted by molar-refractivity contribution is 0.477. The Morgan fingerprint density at radius 1 is 1.31 bits per heavy atom. The zero-order valence-corrected chi connectivity index (χ0v) is 10.1. The Hall–Kier alpha value is -1.58. The minimum absolute atomic E-state index is 0.0963. The summed E-state index contributed by atoms with van der Waals surface area (Å²) in [5.74, 6) is 0.909. The summed E-state index contributed by atoms with van der Waals surface area (Å²) in [7, 11) is 0. The molecule has 4 heteroatoms. The second-order valence-electron chi connectivity index (χ2n) is 4.33. The molecule has 2 aromatic rings. The number of nitrogens with one attached hydrogen (secondary N) is 1. The van der Waals surface area contributed by atoms with Crippen LogP contribution in [0.2, 0.25) is 0 Å². The van der Waals surface area contributed by atoms with Crippen molar-refractivity contribution in [3.63, 3.8) is 0 Å². The van der Waals surface area contributed by atoms with Gasteiger partial charge in [0.05, 0.1) is 6.20 Å². The van der Waals surface area contributed by atoms with Crippen molar-refractivity contribution in [2.75, 3.05) is 5.32 Å². The molecule has 0 aliphatic heterocycles. The largest absolute Gasteiger partial charge is 0.363 e. The summed E-state index contributed by atoms with van der Waals surface area (Å²) in [5.41, 5.74) is 1.12. The van der Waals surface area contributed by atoms with Crippen LogP contribution < -0.4 is 5.32 Å². The number of anilines is 1. The Balaban J connectivity index is 2.37. The van der Waals surface area contributed by atoms with Crippen LogP contribution in [0.4, 0.5) is 5.82 Å². The van der Waals surface area contributed by atoms with E-state index in [0.717, 1.165) is 24.2 Å². The van der Waals surface area contributed by atoms with Crippen molar-refractivity contribution < 1.29 is 0 Å². The minimum Gasteiger partial charge on any atom is -0.363 e. The monoisotopic (exact) mass is 218 g/mol. The lowest BCUT2D eigenvalue weighted by atomic mass is 9.95. The molecule has 0 radical (unpaired) electrons. The van der Waals surface area contributed by atoms with Gasteiger partial charge < -0.3 is 5.32 Å². The maximum atomic E-state index is 4.39. The van der Waals surface area contributed by atoms with Gasteiger partial charge in [-0.15, -0.1) is 0 Å². The van der Waals surface area contributed by atoms with Crippen LogP contribution in [0, 0.1) is 0 Å². The van der Waals surface area contributed by atoms with E-state index >= 15 is 0 Å². The fourth-order valence-corrected chi connectivity index (χ4v) is 1.67. The first kappa shape index (κ1) is 10.9. The predicted molar refractivity (Wildman–Crippen MR) is 65.6 cm³/mol. The number of nitrogens with zero attached hydrogens (tertiary/aromatic N) is 3. The molecular weight excluding hydrogens is 200 g/mol. The van der Waals surface area contributed by atoms with Gasteiger partial charge in [-0.25, -0.2) is 9.50 Å². The standard InChI is InChI=1S/C12H18N4/c1-4-12(3,5-2)15-11-10-6-7-14-16(10)9-8-13-11/h6-9H,4-5H2,1-3H3,(H,13,15). The quantitative estimate of drug-likeness (QED) is 0.858. The van der Waals surface area contributed by atoms with Gasteiger partial charge in [-0.1, -0.05) is 13.8 Å². The number of fused-ring (bicyclic) bond motifs is 1. The Bertz CT molecular complexity index is 471. The Morgan fingerprint density at radius 2 is 2.06 bits per heavy atom. The van der Waals surface area contributed by atoms with Crippen LogP contribution in [0.5, 0.6) is 0 Å². The fraction of sp³-hybridized carbons (Fsp3) is 0.500. The first-order chi connectivity index (χ1) is 7.68. The van der Waals surface area contributed by atoms with Gasteiger partial charge in [0.15, 0.2) is 5.82 Å². The minimum atomic E-state index is 0.0963. The maximum absolute atomic E-state index is 4.39. The zero-order valence-electron chi connectivity index (χ0n) is 10.1. The number of hydrogen-bond donors (Lipinski definition) is 1. The molecule has 1 N–H and O–H groups in total. The molecule has 86 valence electrons. The van der Waals surface area contributed by atoms with E-state index in [4.69, 9.17) is 0 Å². The summed E-state index contributed by atoms with van der Waals surface area (Å²) in [5, 5.41) is 7.71. The molecule has 0 aliphatic carbocycles. The van der Waals surface area contributed by atoms with Crippen LogP contribution in [0.3, 0.4) is 0 Å². The van der Waals surface area contributed by atoms with E-state index in [2.05, 4.69) is 36.2 Å². The molecule has 0 aromatic carbocycles. The van der Waals surface area contributed by atoms with Crippen molar-refractivity contribution >= 4 is 11.3 Å². The van der Waals surface area contributed by atoms with E-state index in [0.29, 0.717) is 0 Å². The Morgan fingerprint density at radius 3 is 2.75 bits per heavy atom. The molecule has 2 heterocycles. The van der Waals surface area contributed by atoms with Gasteiger partial charge in [0.25, 0.3) is 0 Å². The van der Waals surface area contributed by atoms with Crippen molar-refractivity contribution in [1.82, 2.24) is 14.6 Å². The van der Waals surface area contributed by atoms with E-state index in [1.807, 2.05) is 16.8 Å². The summed E-state index contributed by atoms with van der Waals surface area (Å²) in [6, 6.07) is 1.97. The number of rotatable bonds is 4. The van der Waals surface area contributed by atoms with E-state index in [-0.39, 0.29) is 5.54 Å². The highest BCUT2D eigenvalue weighted by atomic mass is 15.2. The Labute approximate surface area is 95.7 Å². The molecule has 0 amide bonds. The lowest BCUT2D eigenvalue weighted by Gasteiger charge is -2.29. The van der Waals surface area contributed by atoms with Gasteiger partial charge >= 0.3 is 0 Å². The van der Waals surface area contributed by atoms with Crippen molar-refractivity contribution in [3.8, 4) is 0 Å². The predicted octanol–water partition coefficient (Wildman–Crippen LogP) is 2.72. The molecule has 2 rings (SSSR count). The SMILES string of the molecule is CCC(C)(CC)Nc1nccn2nccc12. The molecule has 0 spiro atoms. The summed E-state index contributed by atoms with van der Waals surface area (Å²) in [4.78, 5) is 4.39. The molecule has 0 saturated carbocycles. The third-order valence-corrected chi connectivity index (χ3v) is 3.31. The van der Waals surface area contributed by atoms with E-state index in [1.54, 1.807) is 12.4 Å². The van der Waals surface area contributed by atoms with Crippen LogP contribution >= 0.6 is 0 Å². The van der Waals surface area contributed by atoms with E-state index in [9.17, 15) is 0 Å². The van der Waals surface area contributed by atoms with Gasteiger partial charge in [0.1, 0.15) is 5.52 Å². The smallest absolute Gasteiger partial charge is 0.152 e. The van der Waals surface area contributed by atoms with Gasteiger partial charge in [-0.2, -0.15) is 5.10 Å². The molecule has 16 heavy (non-hydrogen) atoms. The van der Waals surface area contributed by atoms with Crippen LogP contribution in [0.15, 0.2) is 24.7 Å². The molecule has 2 aromatic heterocycles. The second-order valence-corrected chi connectivity index (χ2v) is 4.33. The van der Waals surface area contributed by atoms with Crippen molar-refractivity contribution in [2.24, 2.45) is 0 Å². The molecular formula is C12H18N4. The van der Waals surface area contributed by atoms with Crippen LogP contribution in [-0.2, 0) is 0 Å². The first-order valence-corrected chi connectivity index (χ1v) is 5.75. The molecule has 0 saturated heterocycles. The highest BCUT2D eigenvalue weighted by Crippen LogP contribution is 2.22. The summed E-state index contributed by atoms with van der Waals surface area (Å²) >= 11 is 0. The molecule has 4 nitrogen and oxygen atoms in total. The molecule has 0 aliphatic rings. The van der Waals surface area contributed by atoms with E-state index < -0.39 is 0 Å². The highest BCUT2D eigenvalue weighted by molar-refractivity contribution is 5.67. The van der Waals surface area contributed by atoms with Crippen LogP contribution in [0.1, 0.15) is 33.6 Å². The average Bonchev–Trinajstić information content (AvgIpc) is 2.78. The zero-order chi connectivity index (χ0) is 11.6. The van der Waals surface area contributed by atoms with E-state index in [1.165, 1.54) is 0 Å². The number of hydrogen-bond acceptors (Lipinski definition) is 3. The summed E-state index contributed by atoms with van der Waals surface area (Å²) in [6.07, 6.45) is 7.56. The van der Waals surface area contributed by atoms with Gasteiger partial charge in [0.2, 0.25) is 0 Å². The van der Waals surface area contributed by atoms with Crippen molar-refractivity contribution in [3.05, 3.63) is 24.7 Å². The number of aromatic nitrogens is 3. The third-order valence-electron chi connectivity index (χ3n) is 3.31. The molecule has 0 atom stereocenters. The lowest BCUT2D eigenvalue weighted by Crippen LogP contribution is -2.33. The maximum Gasteiger partial charge on any atom is 0.152 e. The topological polar surface area (TPSA) is 42.2 Å². The van der Waals surface area contributed by atoms with Gasteiger partial charge in [-0.3, -0.25) is 0 Å². The summed E-state index contributed by atoms with van der Waals surface area (Å²) < 4.78 is 1.83. The third kappa shape index (κ3) is 1.87. The first-order valence-electron chi connectivity index (χ1n) is 5.75. The highest BCUT2D eigenvalue weighted by Gasteiger charge is 2.20. The summed E-state index contributed by atoms with van der Waals surface area (Å²) in [6.45, 7) is 6.59. The van der Waals surface area contributed by atoms with Crippen LogP contribution in [-0.4, -0.2) is 20.1 Å². The van der Waals surface area contributed by atoms with Crippen LogP contribution in [0.25, 0.3) is 5.52 Å². The molecule has 0 fully saturated rings. The van der Waals surface area contributed by atoms with Gasteiger partial charge in [0, 0.05) is 17.9 Å². The molecule has 0 unspecified atom stereocenters. The molecule has 0 bridgehead atoms. The Kier molecular flexibility index (Phi) is 2.81. The van der Waals surface area contributed by atoms with Crippen molar-refractivity contribution in [1.29, 1.82) is 0 Å². The van der Waals surface area contributed by atoms with Gasteiger partial charge in [-0.05, 0) is 25.8 Å². The fourth-order valence-electron chi connectivity index (χ4n) is 1.67.